The van der Waals surface area contributed by atoms with Crippen molar-refractivity contribution in [3.63, 3.8) is 0 Å². The maximum Gasteiger partial charge on any atom is -0.00281 e. The molecule has 6 rings (SSSR count). The monoisotopic (exact) mass is 344 g/mol. The van der Waals surface area contributed by atoms with Gasteiger partial charge in [-0.1, -0.05) is 73.5 Å². The zero-order chi connectivity index (χ0) is 18.2. The molecule has 2 aromatic rings. The predicted molar refractivity (Wildman–Crippen MR) is 110 cm³/mol. The van der Waals surface area contributed by atoms with Gasteiger partial charge in [0.05, 0.1) is 0 Å². The molecule has 0 nitrogen and oxygen atoms in total. The predicted octanol–water partition coefficient (Wildman–Crippen LogP) is 6.87. The molecule has 0 aromatic heterocycles. The molecule has 0 saturated heterocycles. The van der Waals surface area contributed by atoms with E-state index in [2.05, 4.69) is 76.2 Å². The lowest BCUT2D eigenvalue weighted by Gasteiger charge is -2.70. The molecule has 4 aliphatic carbocycles. The Hall–Kier alpha value is -1.56. The summed E-state index contributed by atoms with van der Waals surface area (Å²) in [4.78, 5) is 0. The van der Waals surface area contributed by atoms with Crippen LogP contribution in [0.15, 0.2) is 48.5 Å². The van der Waals surface area contributed by atoms with Crippen LogP contribution >= 0.6 is 0 Å². The van der Waals surface area contributed by atoms with Gasteiger partial charge in [-0.15, -0.1) is 0 Å². The van der Waals surface area contributed by atoms with Crippen molar-refractivity contribution in [1.82, 2.24) is 0 Å². The minimum Gasteiger partial charge on any atom is -0.0596 e. The molecule has 136 valence electrons. The van der Waals surface area contributed by atoms with Crippen molar-refractivity contribution < 1.29 is 0 Å². The topological polar surface area (TPSA) is 0 Å². The van der Waals surface area contributed by atoms with Crippen LogP contribution in [0.4, 0.5) is 0 Å². The van der Waals surface area contributed by atoms with E-state index in [-0.39, 0.29) is 0 Å². The summed E-state index contributed by atoms with van der Waals surface area (Å²) in [5, 5.41) is 0. The molecule has 0 spiro atoms. The summed E-state index contributed by atoms with van der Waals surface area (Å²) in [5.74, 6) is 0. The maximum atomic E-state index is 2.59. The molecule has 0 heterocycles. The van der Waals surface area contributed by atoms with E-state index in [0.717, 1.165) is 0 Å². The minimum atomic E-state index is 0.372. The molecule has 4 saturated carbocycles. The number of aryl methyl sites for hydroxylation is 2. The smallest absolute Gasteiger partial charge is 0.00281 e. The van der Waals surface area contributed by atoms with Gasteiger partial charge in [-0.25, -0.2) is 0 Å². The van der Waals surface area contributed by atoms with Gasteiger partial charge in [0.25, 0.3) is 0 Å². The SMILES string of the molecule is Cc1ccc(C23CC4(C)CC(C)(C2)CC(c2ccc(C)cc2)(C4)C3)cc1. The van der Waals surface area contributed by atoms with Gasteiger partial charge in [-0.2, -0.15) is 0 Å². The molecule has 4 fully saturated rings. The van der Waals surface area contributed by atoms with E-state index in [0.29, 0.717) is 21.7 Å². The molecule has 0 atom stereocenters. The Bertz CT molecular complexity index is 753. The van der Waals surface area contributed by atoms with Crippen LogP contribution in [0.1, 0.15) is 74.6 Å². The van der Waals surface area contributed by atoms with Crippen LogP contribution < -0.4 is 0 Å². The van der Waals surface area contributed by atoms with Crippen LogP contribution in [0, 0.1) is 24.7 Å². The molecule has 2 aromatic carbocycles. The highest BCUT2D eigenvalue weighted by Gasteiger charge is 2.66. The fraction of sp³-hybridized carbons (Fsp3) is 0.538. The summed E-state index contributed by atoms with van der Waals surface area (Å²) in [7, 11) is 0. The Labute approximate surface area is 159 Å². The van der Waals surface area contributed by atoms with Gasteiger partial charge in [0, 0.05) is 0 Å². The summed E-state index contributed by atoms with van der Waals surface area (Å²) in [6.07, 6.45) is 8.29. The van der Waals surface area contributed by atoms with Crippen LogP contribution in [-0.4, -0.2) is 0 Å². The maximum absolute atomic E-state index is 2.59. The molecular formula is C26H32. The van der Waals surface area contributed by atoms with Crippen molar-refractivity contribution in [3.05, 3.63) is 70.8 Å². The van der Waals surface area contributed by atoms with Crippen LogP contribution in [0.2, 0.25) is 0 Å². The van der Waals surface area contributed by atoms with Crippen molar-refractivity contribution >= 4 is 0 Å². The standard InChI is InChI=1S/C26H32/c1-19-5-9-21(10-6-19)25-14-23(3)13-24(4,15-25)17-26(16-23,18-25)22-11-7-20(2)8-12-22/h5-12H,13-18H2,1-4H3. The van der Waals surface area contributed by atoms with Gasteiger partial charge < -0.3 is 0 Å². The highest BCUT2D eigenvalue weighted by Crippen LogP contribution is 2.74. The Morgan fingerprint density at radius 2 is 0.846 bits per heavy atom. The number of benzene rings is 2. The normalized spacial score (nSPS) is 40.8. The van der Waals surface area contributed by atoms with Gasteiger partial charge in [0.15, 0.2) is 0 Å². The fourth-order valence-corrected chi connectivity index (χ4v) is 8.12. The number of hydrogen-bond acceptors (Lipinski definition) is 0. The highest BCUT2D eigenvalue weighted by atomic mass is 14.7. The zero-order valence-corrected chi connectivity index (χ0v) is 16.9. The van der Waals surface area contributed by atoms with Gasteiger partial charge in [-0.05, 0) is 85.2 Å². The average Bonchev–Trinajstić information content (AvgIpc) is 2.52. The summed E-state index contributed by atoms with van der Waals surface area (Å²) in [6, 6.07) is 19.1. The van der Waals surface area contributed by atoms with E-state index in [1.807, 2.05) is 0 Å². The van der Waals surface area contributed by atoms with Crippen molar-refractivity contribution in [1.29, 1.82) is 0 Å². The lowest BCUT2D eigenvalue weighted by atomic mass is 9.34. The summed E-state index contributed by atoms with van der Waals surface area (Å²) >= 11 is 0. The molecule has 0 N–H and O–H groups in total. The third-order valence-electron chi connectivity index (χ3n) is 7.92. The van der Waals surface area contributed by atoms with Crippen molar-refractivity contribution in [3.8, 4) is 0 Å². The summed E-state index contributed by atoms with van der Waals surface area (Å²) in [6.45, 7) is 9.60. The second-order valence-electron chi connectivity index (χ2n) is 11.0. The van der Waals surface area contributed by atoms with Gasteiger partial charge in [0.2, 0.25) is 0 Å². The molecule has 0 aliphatic heterocycles. The quantitative estimate of drug-likeness (QED) is 0.557. The molecule has 0 heteroatoms. The van der Waals surface area contributed by atoms with Crippen molar-refractivity contribution in [2.75, 3.05) is 0 Å². The Balaban J connectivity index is 1.67. The highest BCUT2D eigenvalue weighted by molar-refractivity contribution is 5.41. The summed E-state index contributed by atoms with van der Waals surface area (Å²) in [5.41, 5.74) is 7.69. The van der Waals surface area contributed by atoms with E-state index in [1.54, 1.807) is 11.1 Å². The lowest BCUT2D eigenvalue weighted by molar-refractivity contribution is -0.126. The zero-order valence-electron chi connectivity index (χ0n) is 16.9. The molecule has 26 heavy (non-hydrogen) atoms. The van der Waals surface area contributed by atoms with Gasteiger partial charge in [-0.3, -0.25) is 0 Å². The van der Waals surface area contributed by atoms with E-state index in [4.69, 9.17) is 0 Å². The number of rotatable bonds is 2. The fourth-order valence-electron chi connectivity index (χ4n) is 8.12. The van der Waals surface area contributed by atoms with E-state index in [9.17, 15) is 0 Å². The van der Waals surface area contributed by atoms with Gasteiger partial charge >= 0.3 is 0 Å². The van der Waals surface area contributed by atoms with Crippen LogP contribution in [0.25, 0.3) is 0 Å². The molecular weight excluding hydrogens is 312 g/mol. The van der Waals surface area contributed by atoms with Crippen LogP contribution in [0.3, 0.4) is 0 Å². The second kappa shape index (κ2) is 5.03. The van der Waals surface area contributed by atoms with Crippen molar-refractivity contribution in [2.24, 2.45) is 10.8 Å². The largest absolute Gasteiger partial charge is 0.0596 e. The van der Waals surface area contributed by atoms with Crippen molar-refractivity contribution in [2.45, 2.75) is 77.0 Å². The van der Waals surface area contributed by atoms with Crippen LogP contribution in [-0.2, 0) is 10.8 Å². The molecule has 0 amide bonds. The van der Waals surface area contributed by atoms with E-state index >= 15 is 0 Å². The van der Waals surface area contributed by atoms with E-state index in [1.165, 1.54) is 49.7 Å². The molecule has 4 aliphatic rings. The molecule has 0 unspecified atom stereocenters. The minimum absolute atomic E-state index is 0.372. The van der Waals surface area contributed by atoms with Crippen LogP contribution in [0.5, 0.6) is 0 Å². The van der Waals surface area contributed by atoms with E-state index < -0.39 is 0 Å². The Morgan fingerprint density at radius 3 is 1.19 bits per heavy atom. The third kappa shape index (κ3) is 2.34. The molecule has 4 bridgehead atoms. The first kappa shape index (κ1) is 16.6. The first-order valence-corrected chi connectivity index (χ1v) is 10.4. The Kier molecular flexibility index (Phi) is 3.21. The Morgan fingerprint density at radius 1 is 0.500 bits per heavy atom. The lowest BCUT2D eigenvalue weighted by Crippen LogP contribution is -2.62. The number of hydrogen-bond donors (Lipinski definition) is 0. The van der Waals surface area contributed by atoms with Gasteiger partial charge in [0.1, 0.15) is 0 Å². The summed E-state index contributed by atoms with van der Waals surface area (Å²) < 4.78 is 0. The average molecular weight is 345 g/mol. The second-order valence-corrected chi connectivity index (χ2v) is 11.0. The first-order valence-electron chi connectivity index (χ1n) is 10.4. The molecule has 0 radical (unpaired) electrons. The first-order chi connectivity index (χ1) is 12.2. The third-order valence-corrected chi connectivity index (χ3v) is 7.92.